The number of nitrogens with one attached hydrogen (secondary N) is 2. The summed E-state index contributed by atoms with van der Waals surface area (Å²) in [6, 6.07) is 7.75. The smallest absolute Gasteiger partial charge is 0.263 e. The van der Waals surface area contributed by atoms with E-state index in [0.717, 1.165) is 5.56 Å². The molecule has 0 heterocycles. The fourth-order valence-electron chi connectivity index (χ4n) is 2.31. The first kappa shape index (κ1) is 20.1. The molecule has 26 heavy (non-hydrogen) atoms. The highest BCUT2D eigenvalue weighted by Crippen LogP contribution is 2.36. The van der Waals surface area contributed by atoms with Crippen molar-refractivity contribution >= 4 is 43.2 Å². The van der Waals surface area contributed by atoms with Gasteiger partial charge in [-0.25, -0.2) is 8.42 Å². The predicted molar refractivity (Wildman–Crippen MR) is 104 cm³/mol. The van der Waals surface area contributed by atoms with Gasteiger partial charge >= 0.3 is 0 Å². The number of aryl methyl sites for hydroxylation is 1. The van der Waals surface area contributed by atoms with E-state index in [1.54, 1.807) is 25.1 Å². The zero-order chi connectivity index (χ0) is 19.5. The molecule has 2 N–H and O–H groups in total. The molecule has 0 saturated heterocycles. The Morgan fingerprint density at radius 1 is 1.08 bits per heavy atom. The molecule has 0 aliphatic rings. The van der Waals surface area contributed by atoms with Crippen molar-refractivity contribution in [1.82, 2.24) is 0 Å². The second-order valence-corrected chi connectivity index (χ2v) is 7.96. The number of ether oxygens (including phenoxy) is 2. The Balaban J connectivity index is 2.37. The number of carbonyl (C=O) groups excluding carboxylic acids is 1. The molecule has 0 radical (unpaired) electrons. The van der Waals surface area contributed by atoms with Crippen molar-refractivity contribution in [2.75, 3.05) is 24.3 Å². The van der Waals surface area contributed by atoms with E-state index < -0.39 is 10.0 Å². The van der Waals surface area contributed by atoms with Gasteiger partial charge in [0.2, 0.25) is 5.91 Å². The van der Waals surface area contributed by atoms with Gasteiger partial charge in [-0.3, -0.25) is 9.52 Å². The van der Waals surface area contributed by atoms with E-state index in [4.69, 9.17) is 9.47 Å². The molecule has 0 bridgehead atoms. The molecule has 0 spiro atoms. The van der Waals surface area contributed by atoms with Crippen LogP contribution in [0.25, 0.3) is 0 Å². The maximum atomic E-state index is 12.8. The number of hydrogen-bond acceptors (Lipinski definition) is 5. The van der Waals surface area contributed by atoms with E-state index in [9.17, 15) is 13.2 Å². The molecular weight excluding hydrogens is 424 g/mol. The Bertz CT molecular complexity index is 944. The molecule has 9 heteroatoms. The SMILES string of the molecule is COc1cc(Br)c(S(=O)(=O)Nc2ccc(NC(C)=O)c(C)c2)cc1OC. The third kappa shape index (κ3) is 4.47. The molecule has 0 aliphatic carbocycles. The summed E-state index contributed by atoms with van der Waals surface area (Å²) in [5, 5.41) is 2.68. The molecule has 0 atom stereocenters. The van der Waals surface area contributed by atoms with E-state index in [1.165, 1.54) is 33.3 Å². The van der Waals surface area contributed by atoms with Crippen LogP contribution in [0.4, 0.5) is 11.4 Å². The fourth-order valence-corrected chi connectivity index (χ4v) is 4.40. The van der Waals surface area contributed by atoms with Crippen LogP contribution in [0, 0.1) is 6.92 Å². The van der Waals surface area contributed by atoms with Crippen molar-refractivity contribution in [3.05, 3.63) is 40.4 Å². The van der Waals surface area contributed by atoms with Crippen molar-refractivity contribution in [1.29, 1.82) is 0 Å². The van der Waals surface area contributed by atoms with E-state index in [0.29, 0.717) is 27.3 Å². The molecule has 0 fully saturated rings. The number of rotatable bonds is 6. The van der Waals surface area contributed by atoms with Gasteiger partial charge in [-0.05, 0) is 52.7 Å². The molecule has 0 saturated carbocycles. The summed E-state index contributed by atoms with van der Waals surface area (Å²) in [6.07, 6.45) is 0. The number of halogens is 1. The van der Waals surface area contributed by atoms with Gasteiger partial charge in [0.1, 0.15) is 4.90 Å². The number of benzene rings is 2. The van der Waals surface area contributed by atoms with Crippen LogP contribution in [-0.4, -0.2) is 28.5 Å². The lowest BCUT2D eigenvalue weighted by molar-refractivity contribution is -0.114. The lowest BCUT2D eigenvalue weighted by atomic mass is 10.2. The third-order valence-corrected chi connectivity index (χ3v) is 5.86. The topological polar surface area (TPSA) is 93.7 Å². The molecule has 2 aromatic carbocycles. The summed E-state index contributed by atoms with van der Waals surface area (Å²) in [5.74, 6) is 0.512. The van der Waals surface area contributed by atoms with Crippen molar-refractivity contribution < 1.29 is 22.7 Å². The number of sulfonamides is 1. The van der Waals surface area contributed by atoms with Crippen LogP contribution in [-0.2, 0) is 14.8 Å². The van der Waals surface area contributed by atoms with Gasteiger partial charge in [-0.1, -0.05) is 0 Å². The quantitative estimate of drug-likeness (QED) is 0.713. The second kappa shape index (κ2) is 7.96. The van der Waals surface area contributed by atoms with Crippen LogP contribution >= 0.6 is 15.9 Å². The van der Waals surface area contributed by atoms with Crippen LogP contribution in [0.1, 0.15) is 12.5 Å². The lowest BCUT2D eigenvalue weighted by Gasteiger charge is -2.14. The summed E-state index contributed by atoms with van der Waals surface area (Å²) >= 11 is 3.25. The van der Waals surface area contributed by atoms with Gasteiger partial charge in [-0.2, -0.15) is 0 Å². The molecule has 2 rings (SSSR count). The van der Waals surface area contributed by atoms with Crippen LogP contribution in [0.5, 0.6) is 11.5 Å². The summed E-state index contributed by atoms with van der Waals surface area (Å²) < 4.78 is 38.7. The van der Waals surface area contributed by atoms with Crippen LogP contribution in [0.15, 0.2) is 39.7 Å². The summed E-state index contributed by atoms with van der Waals surface area (Å²) in [7, 11) is -0.975. The first-order chi connectivity index (χ1) is 12.2. The first-order valence-corrected chi connectivity index (χ1v) is 9.78. The summed E-state index contributed by atoms with van der Waals surface area (Å²) in [5.41, 5.74) is 1.72. The molecule has 2 aromatic rings. The maximum Gasteiger partial charge on any atom is 0.263 e. The van der Waals surface area contributed by atoms with Gasteiger partial charge < -0.3 is 14.8 Å². The molecule has 1 amide bonds. The minimum atomic E-state index is -3.87. The Morgan fingerprint density at radius 2 is 1.69 bits per heavy atom. The highest BCUT2D eigenvalue weighted by Gasteiger charge is 2.21. The minimum Gasteiger partial charge on any atom is -0.493 e. The molecule has 7 nitrogen and oxygen atoms in total. The van der Waals surface area contributed by atoms with Crippen molar-refractivity contribution in [3.63, 3.8) is 0 Å². The standard InChI is InChI=1S/C17H19BrN2O5S/c1-10-7-12(5-6-14(10)19-11(2)21)20-26(22,23)17-9-16(25-4)15(24-3)8-13(17)18/h5-9,20H,1-4H3,(H,19,21). The average Bonchev–Trinajstić information content (AvgIpc) is 2.56. The maximum absolute atomic E-state index is 12.8. The number of methoxy groups -OCH3 is 2. The minimum absolute atomic E-state index is 0.0127. The first-order valence-electron chi connectivity index (χ1n) is 7.50. The van der Waals surface area contributed by atoms with Gasteiger partial charge in [0.15, 0.2) is 11.5 Å². The van der Waals surface area contributed by atoms with Crippen molar-refractivity contribution in [2.24, 2.45) is 0 Å². The van der Waals surface area contributed by atoms with E-state index >= 15 is 0 Å². The molecule has 0 aromatic heterocycles. The van der Waals surface area contributed by atoms with Gasteiger partial charge in [0.05, 0.1) is 14.2 Å². The van der Waals surface area contributed by atoms with E-state index in [-0.39, 0.29) is 10.8 Å². The van der Waals surface area contributed by atoms with E-state index in [2.05, 4.69) is 26.0 Å². The zero-order valence-electron chi connectivity index (χ0n) is 14.7. The number of anilines is 2. The van der Waals surface area contributed by atoms with Crippen LogP contribution < -0.4 is 19.5 Å². The fraction of sp³-hybridized carbons (Fsp3) is 0.235. The third-order valence-electron chi connectivity index (χ3n) is 3.52. The summed E-state index contributed by atoms with van der Waals surface area (Å²) in [4.78, 5) is 11.2. The van der Waals surface area contributed by atoms with E-state index in [1.807, 2.05) is 0 Å². The lowest BCUT2D eigenvalue weighted by Crippen LogP contribution is -2.14. The van der Waals surface area contributed by atoms with Gasteiger partial charge in [0.25, 0.3) is 10.0 Å². The predicted octanol–water partition coefficient (Wildman–Crippen LogP) is 3.53. The highest BCUT2D eigenvalue weighted by atomic mass is 79.9. The molecule has 0 aliphatic heterocycles. The average molecular weight is 443 g/mol. The Morgan fingerprint density at radius 3 is 2.23 bits per heavy atom. The number of carbonyl (C=O) groups is 1. The van der Waals surface area contributed by atoms with Crippen molar-refractivity contribution in [3.8, 4) is 11.5 Å². The van der Waals surface area contributed by atoms with Gasteiger partial charge in [0, 0.05) is 28.8 Å². The van der Waals surface area contributed by atoms with Crippen LogP contribution in [0.3, 0.4) is 0 Å². The number of amides is 1. The largest absolute Gasteiger partial charge is 0.493 e. The number of hydrogen-bond donors (Lipinski definition) is 2. The zero-order valence-corrected chi connectivity index (χ0v) is 17.1. The Labute approximate surface area is 160 Å². The van der Waals surface area contributed by atoms with Crippen molar-refractivity contribution in [2.45, 2.75) is 18.7 Å². The normalized spacial score (nSPS) is 11.0. The Kier molecular flexibility index (Phi) is 6.14. The summed E-state index contributed by atoms with van der Waals surface area (Å²) in [6.45, 7) is 3.18. The van der Waals surface area contributed by atoms with Crippen LogP contribution in [0.2, 0.25) is 0 Å². The monoisotopic (exact) mass is 442 g/mol. The molecule has 0 unspecified atom stereocenters. The highest BCUT2D eigenvalue weighted by molar-refractivity contribution is 9.10. The molecule has 140 valence electrons. The Hall–Kier alpha value is -2.26. The second-order valence-electron chi connectivity index (χ2n) is 5.45. The molecular formula is C17H19BrN2O5S. The van der Waals surface area contributed by atoms with Gasteiger partial charge in [-0.15, -0.1) is 0 Å².